The molecule has 2 aromatic carbocycles. The van der Waals surface area contributed by atoms with Gasteiger partial charge in [0.2, 0.25) is 0 Å². The standard InChI is InChI=1S/C17H16BrN3O3/c1-2-24-15-8-6-14(7-9-15)20-16(22)17(23)21-19-11-12-4-3-5-13(18)10-12/h3-11H,2H2,1H3,(H,20,22)(H,21,23)/b19-11-. The van der Waals surface area contributed by atoms with E-state index in [-0.39, 0.29) is 0 Å². The molecular formula is C17H16BrN3O3. The monoisotopic (exact) mass is 389 g/mol. The highest BCUT2D eigenvalue weighted by Gasteiger charge is 2.12. The summed E-state index contributed by atoms with van der Waals surface area (Å²) in [6.45, 7) is 2.44. The summed E-state index contributed by atoms with van der Waals surface area (Å²) in [5.41, 5.74) is 3.46. The molecule has 0 spiro atoms. The summed E-state index contributed by atoms with van der Waals surface area (Å²) in [7, 11) is 0. The molecule has 0 saturated carbocycles. The van der Waals surface area contributed by atoms with E-state index < -0.39 is 11.8 Å². The summed E-state index contributed by atoms with van der Waals surface area (Å²) in [5.74, 6) is -0.959. The van der Waals surface area contributed by atoms with Gasteiger partial charge in [0.05, 0.1) is 12.8 Å². The topological polar surface area (TPSA) is 79.8 Å². The Labute approximate surface area is 148 Å². The third-order valence-corrected chi connectivity index (χ3v) is 3.35. The largest absolute Gasteiger partial charge is 0.494 e. The van der Waals surface area contributed by atoms with Crippen molar-refractivity contribution in [3.63, 3.8) is 0 Å². The molecule has 0 aliphatic rings. The molecule has 2 N–H and O–H groups in total. The van der Waals surface area contributed by atoms with Crippen LogP contribution in [0.1, 0.15) is 12.5 Å². The Hall–Kier alpha value is -2.67. The van der Waals surface area contributed by atoms with Crippen molar-refractivity contribution in [3.05, 3.63) is 58.6 Å². The number of carbonyl (C=O) groups is 2. The van der Waals surface area contributed by atoms with Crippen LogP contribution < -0.4 is 15.5 Å². The number of nitrogens with one attached hydrogen (secondary N) is 2. The van der Waals surface area contributed by atoms with E-state index >= 15 is 0 Å². The van der Waals surface area contributed by atoms with Crippen molar-refractivity contribution in [1.29, 1.82) is 0 Å². The van der Waals surface area contributed by atoms with Crippen LogP contribution in [-0.4, -0.2) is 24.6 Å². The van der Waals surface area contributed by atoms with Gasteiger partial charge in [-0.3, -0.25) is 9.59 Å². The fourth-order valence-electron chi connectivity index (χ4n) is 1.79. The Balaban J connectivity index is 1.86. The lowest BCUT2D eigenvalue weighted by molar-refractivity contribution is -0.136. The minimum Gasteiger partial charge on any atom is -0.494 e. The van der Waals surface area contributed by atoms with Crippen LogP contribution >= 0.6 is 15.9 Å². The summed E-state index contributed by atoms with van der Waals surface area (Å²) in [4.78, 5) is 23.5. The van der Waals surface area contributed by atoms with Crippen LogP contribution in [0.4, 0.5) is 5.69 Å². The molecule has 6 nitrogen and oxygen atoms in total. The fourth-order valence-corrected chi connectivity index (χ4v) is 2.21. The Kier molecular flexibility index (Phi) is 6.51. The quantitative estimate of drug-likeness (QED) is 0.468. The van der Waals surface area contributed by atoms with E-state index in [1.165, 1.54) is 6.21 Å². The third-order valence-electron chi connectivity index (χ3n) is 2.86. The first-order valence-corrected chi connectivity index (χ1v) is 8.00. The number of rotatable bonds is 5. The number of halogens is 1. The van der Waals surface area contributed by atoms with Crippen LogP contribution in [-0.2, 0) is 9.59 Å². The van der Waals surface area contributed by atoms with Crippen LogP contribution in [0.3, 0.4) is 0 Å². The molecule has 0 aromatic heterocycles. The zero-order valence-corrected chi connectivity index (χ0v) is 14.5. The predicted molar refractivity (Wildman–Crippen MR) is 96.1 cm³/mol. The Morgan fingerprint density at radius 3 is 2.58 bits per heavy atom. The molecule has 0 fully saturated rings. The molecule has 0 aliphatic carbocycles. The summed E-state index contributed by atoms with van der Waals surface area (Å²) >= 11 is 3.34. The van der Waals surface area contributed by atoms with Gasteiger partial charge < -0.3 is 10.1 Å². The molecule has 24 heavy (non-hydrogen) atoms. The summed E-state index contributed by atoms with van der Waals surface area (Å²) < 4.78 is 6.20. The average molecular weight is 390 g/mol. The van der Waals surface area contributed by atoms with Crippen molar-refractivity contribution < 1.29 is 14.3 Å². The summed E-state index contributed by atoms with van der Waals surface area (Å²) in [5, 5.41) is 6.24. The van der Waals surface area contributed by atoms with Crippen molar-refractivity contribution in [2.24, 2.45) is 5.10 Å². The van der Waals surface area contributed by atoms with E-state index in [9.17, 15) is 9.59 Å². The molecule has 2 aromatic rings. The first-order valence-electron chi connectivity index (χ1n) is 7.21. The lowest BCUT2D eigenvalue weighted by Gasteiger charge is -2.06. The Bertz CT molecular complexity index is 745. The Morgan fingerprint density at radius 1 is 1.17 bits per heavy atom. The number of nitrogens with zero attached hydrogens (tertiary/aromatic N) is 1. The molecule has 2 amide bonds. The van der Waals surface area contributed by atoms with Crippen LogP contribution in [0.2, 0.25) is 0 Å². The van der Waals surface area contributed by atoms with Crippen LogP contribution in [0.15, 0.2) is 58.1 Å². The minimum atomic E-state index is -0.852. The number of amides is 2. The van der Waals surface area contributed by atoms with Crippen molar-refractivity contribution in [2.75, 3.05) is 11.9 Å². The second kappa shape index (κ2) is 8.83. The van der Waals surface area contributed by atoms with Crippen molar-refractivity contribution in [2.45, 2.75) is 6.92 Å². The summed E-state index contributed by atoms with van der Waals surface area (Å²) in [6, 6.07) is 14.1. The van der Waals surface area contributed by atoms with Gasteiger partial charge in [0.15, 0.2) is 0 Å². The Morgan fingerprint density at radius 2 is 1.92 bits per heavy atom. The van der Waals surface area contributed by atoms with Crippen LogP contribution in [0.25, 0.3) is 0 Å². The maximum Gasteiger partial charge on any atom is 0.329 e. The minimum absolute atomic E-state index is 0.495. The second-order valence-electron chi connectivity index (χ2n) is 4.67. The first-order chi connectivity index (χ1) is 11.6. The molecule has 0 heterocycles. The first kappa shape index (κ1) is 17.7. The SMILES string of the molecule is CCOc1ccc(NC(=O)C(=O)N/N=C\c2cccc(Br)c2)cc1. The summed E-state index contributed by atoms with van der Waals surface area (Å²) in [6.07, 6.45) is 1.45. The van der Waals surface area contributed by atoms with Crippen molar-refractivity contribution in [1.82, 2.24) is 5.43 Å². The number of hydrogen-bond donors (Lipinski definition) is 2. The van der Waals surface area contributed by atoms with Crippen LogP contribution in [0, 0.1) is 0 Å². The highest BCUT2D eigenvalue weighted by atomic mass is 79.9. The highest BCUT2D eigenvalue weighted by Crippen LogP contribution is 2.15. The van der Waals surface area contributed by atoms with Crippen LogP contribution in [0.5, 0.6) is 5.75 Å². The van der Waals surface area contributed by atoms with Gasteiger partial charge >= 0.3 is 11.8 Å². The number of anilines is 1. The van der Waals surface area contributed by atoms with Gasteiger partial charge in [0, 0.05) is 10.2 Å². The predicted octanol–water partition coefficient (Wildman–Crippen LogP) is 2.94. The van der Waals surface area contributed by atoms with E-state index in [1.54, 1.807) is 24.3 Å². The molecule has 7 heteroatoms. The van der Waals surface area contributed by atoms with Gasteiger partial charge in [-0.05, 0) is 48.9 Å². The second-order valence-corrected chi connectivity index (χ2v) is 5.58. The van der Waals surface area contributed by atoms with Crippen molar-refractivity contribution in [3.8, 4) is 5.75 Å². The molecule has 0 radical (unpaired) electrons. The molecule has 124 valence electrons. The van der Waals surface area contributed by atoms with Gasteiger partial charge in [-0.25, -0.2) is 5.43 Å². The average Bonchev–Trinajstić information content (AvgIpc) is 2.57. The van der Waals surface area contributed by atoms with E-state index in [4.69, 9.17) is 4.74 Å². The number of hydrazone groups is 1. The van der Waals surface area contributed by atoms with Gasteiger partial charge in [-0.2, -0.15) is 5.10 Å². The zero-order valence-electron chi connectivity index (χ0n) is 13.0. The number of carbonyl (C=O) groups excluding carboxylic acids is 2. The lowest BCUT2D eigenvalue weighted by atomic mass is 10.2. The molecule has 2 rings (SSSR count). The van der Waals surface area contributed by atoms with Gasteiger partial charge in [-0.1, -0.05) is 28.1 Å². The van der Waals surface area contributed by atoms with E-state index in [0.29, 0.717) is 18.0 Å². The number of hydrogen-bond acceptors (Lipinski definition) is 4. The van der Waals surface area contributed by atoms with Crippen molar-refractivity contribution >= 4 is 39.6 Å². The third kappa shape index (κ3) is 5.51. The zero-order chi connectivity index (χ0) is 17.4. The maximum absolute atomic E-state index is 11.8. The fraction of sp³-hybridized carbons (Fsp3) is 0.118. The molecule has 0 bridgehead atoms. The van der Waals surface area contributed by atoms with Gasteiger partial charge in [-0.15, -0.1) is 0 Å². The molecular weight excluding hydrogens is 374 g/mol. The maximum atomic E-state index is 11.8. The molecule has 0 unspecified atom stereocenters. The van der Waals surface area contributed by atoms with E-state index in [0.717, 1.165) is 10.0 Å². The number of benzene rings is 2. The van der Waals surface area contributed by atoms with E-state index in [2.05, 4.69) is 31.8 Å². The highest BCUT2D eigenvalue weighted by molar-refractivity contribution is 9.10. The molecule has 0 atom stereocenters. The molecule has 0 aliphatic heterocycles. The normalized spacial score (nSPS) is 10.4. The van der Waals surface area contributed by atoms with Gasteiger partial charge in [0.25, 0.3) is 0 Å². The van der Waals surface area contributed by atoms with Gasteiger partial charge in [0.1, 0.15) is 5.75 Å². The number of ether oxygens (including phenoxy) is 1. The molecule has 0 saturated heterocycles. The smallest absolute Gasteiger partial charge is 0.329 e. The van der Waals surface area contributed by atoms with E-state index in [1.807, 2.05) is 31.2 Å². The lowest BCUT2D eigenvalue weighted by Crippen LogP contribution is -2.32.